The van der Waals surface area contributed by atoms with Gasteiger partial charge in [-0.1, -0.05) is 0 Å². The Balaban J connectivity index is 3.29. The molecule has 0 aliphatic heterocycles. The Morgan fingerprint density at radius 3 is 2.50 bits per heavy atom. The molecule has 2 heteroatoms. The number of hydrogen-bond acceptors (Lipinski definition) is 2. The van der Waals surface area contributed by atoms with Gasteiger partial charge in [-0.3, -0.25) is 4.99 Å². The van der Waals surface area contributed by atoms with Crippen LogP contribution in [0.3, 0.4) is 0 Å². The van der Waals surface area contributed by atoms with Crippen molar-refractivity contribution in [2.45, 2.75) is 20.8 Å². The van der Waals surface area contributed by atoms with Crippen molar-refractivity contribution in [3.8, 4) is 0 Å². The summed E-state index contributed by atoms with van der Waals surface area (Å²) >= 11 is 0. The third-order valence-electron chi connectivity index (χ3n) is 0.734. The molecule has 0 fully saturated rings. The van der Waals surface area contributed by atoms with Crippen LogP contribution in [0, 0.1) is 0 Å². The quantitative estimate of drug-likeness (QED) is 0.394. The normalized spacial score (nSPS) is 11.6. The van der Waals surface area contributed by atoms with Crippen molar-refractivity contribution in [3.05, 3.63) is 0 Å². The molecule has 0 aliphatic rings. The number of nitrogens with zero attached hydrogens (tertiary/aromatic N) is 1. The molecule has 0 aromatic rings. The Labute approximate surface area is 50.6 Å². The van der Waals surface area contributed by atoms with E-state index in [1.807, 2.05) is 20.8 Å². The summed E-state index contributed by atoms with van der Waals surface area (Å²) in [7, 11) is 0. The fourth-order valence-electron chi connectivity index (χ4n) is 0.477. The summed E-state index contributed by atoms with van der Waals surface area (Å²) in [6, 6.07) is 0. The molecule has 0 radical (unpaired) electrons. The summed E-state index contributed by atoms with van der Waals surface area (Å²) < 4.78 is 5.03. The second-order valence-electron chi connectivity index (χ2n) is 1.43. The summed E-state index contributed by atoms with van der Waals surface area (Å²) in [5.74, 6) is 0.787. The van der Waals surface area contributed by atoms with Crippen LogP contribution in [0.4, 0.5) is 0 Å². The molecule has 0 aromatic carbocycles. The Hall–Kier alpha value is -0.530. The monoisotopic (exact) mass is 115 g/mol. The fraction of sp³-hybridized carbons (Fsp3) is 0.833. The minimum absolute atomic E-state index is 0.718. The lowest BCUT2D eigenvalue weighted by Crippen LogP contribution is -1.98. The van der Waals surface area contributed by atoms with Gasteiger partial charge in [0.2, 0.25) is 0 Å². The largest absolute Gasteiger partial charge is 0.481 e. The van der Waals surface area contributed by atoms with Crippen LogP contribution >= 0.6 is 0 Å². The summed E-state index contributed by atoms with van der Waals surface area (Å²) in [5, 5.41) is 0. The predicted molar refractivity (Wildman–Crippen MR) is 35.3 cm³/mol. The smallest absolute Gasteiger partial charge is 0.179 e. The Morgan fingerprint density at radius 2 is 2.12 bits per heavy atom. The molecule has 0 spiro atoms. The zero-order chi connectivity index (χ0) is 6.41. The first-order valence-electron chi connectivity index (χ1n) is 2.95. The van der Waals surface area contributed by atoms with E-state index in [1.54, 1.807) is 0 Å². The standard InChI is InChI=1S/C6H13NO/c1-4-7-6(3)8-5-2/h4-5H2,1-3H3/b7-6+. The van der Waals surface area contributed by atoms with Gasteiger partial charge in [0.05, 0.1) is 6.61 Å². The molecule has 2 nitrogen and oxygen atoms in total. The molecule has 0 aromatic heterocycles. The first-order valence-corrected chi connectivity index (χ1v) is 2.95. The van der Waals surface area contributed by atoms with Crippen LogP contribution < -0.4 is 0 Å². The van der Waals surface area contributed by atoms with Gasteiger partial charge in [0, 0.05) is 13.5 Å². The lowest BCUT2D eigenvalue weighted by atomic mass is 10.7. The summed E-state index contributed by atoms with van der Waals surface area (Å²) in [5.41, 5.74) is 0. The van der Waals surface area contributed by atoms with Gasteiger partial charge in [-0.15, -0.1) is 0 Å². The highest BCUT2D eigenvalue weighted by molar-refractivity contribution is 5.72. The highest BCUT2D eigenvalue weighted by Crippen LogP contribution is 1.79. The SMILES string of the molecule is CC/N=C(\C)OCC. The fourth-order valence-corrected chi connectivity index (χ4v) is 0.477. The molecular weight excluding hydrogens is 102 g/mol. The van der Waals surface area contributed by atoms with Crippen molar-refractivity contribution in [1.29, 1.82) is 0 Å². The second kappa shape index (κ2) is 4.62. The molecule has 0 unspecified atom stereocenters. The molecule has 0 N–H and O–H groups in total. The molecule has 0 amide bonds. The van der Waals surface area contributed by atoms with Gasteiger partial charge in [0.15, 0.2) is 5.90 Å². The van der Waals surface area contributed by atoms with Gasteiger partial charge >= 0.3 is 0 Å². The highest BCUT2D eigenvalue weighted by atomic mass is 16.5. The lowest BCUT2D eigenvalue weighted by Gasteiger charge is -1.98. The molecule has 0 saturated heterocycles. The van der Waals surface area contributed by atoms with E-state index in [0.29, 0.717) is 0 Å². The van der Waals surface area contributed by atoms with E-state index in [2.05, 4.69) is 4.99 Å². The van der Waals surface area contributed by atoms with Crippen molar-refractivity contribution < 1.29 is 4.74 Å². The van der Waals surface area contributed by atoms with Crippen LogP contribution in [0.5, 0.6) is 0 Å². The molecule has 0 saturated carbocycles. The van der Waals surface area contributed by atoms with E-state index in [-0.39, 0.29) is 0 Å². The average molecular weight is 115 g/mol. The van der Waals surface area contributed by atoms with Gasteiger partial charge in [-0.2, -0.15) is 0 Å². The van der Waals surface area contributed by atoms with Crippen molar-refractivity contribution in [3.63, 3.8) is 0 Å². The van der Waals surface area contributed by atoms with Crippen LogP contribution in [0.15, 0.2) is 4.99 Å². The molecule has 0 heterocycles. The summed E-state index contributed by atoms with van der Waals surface area (Å²) in [4.78, 5) is 4.01. The molecule has 0 atom stereocenters. The van der Waals surface area contributed by atoms with Crippen molar-refractivity contribution >= 4 is 5.90 Å². The van der Waals surface area contributed by atoms with Gasteiger partial charge < -0.3 is 4.74 Å². The number of ether oxygens (including phenoxy) is 1. The van der Waals surface area contributed by atoms with Gasteiger partial charge in [0.1, 0.15) is 0 Å². The molecule has 48 valence electrons. The number of aliphatic imine (C=N–C) groups is 1. The summed E-state index contributed by atoms with van der Waals surface area (Å²) in [6.07, 6.45) is 0. The first-order chi connectivity index (χ1) is 3.81. The van der Waals surface area contributed by atoms with Crippen molar-refractivity contribution in [2.24, 2.45) is 4.99 Å². The maximum atomic E-state index is 5.03. The zero-order valence-corrected chi connectivity index (χ0v) is 5.77. The number of hydrogen-bond donors (Lipinski definition) is 0. The Kier molecular flexibility index (Phi) is 4.32. The highest BCUT2D eigenvalue weighted by Gasteiger charge is 1.82. The Morgan fingerprint density at radius 1 is 1.50 bits per heavy atom. The maximum Gasteiger partial charge on any atom is 0.179 e. The lowest BCUT2D eigenvalue weighted by molar-refractivity contribution is 0.323. The zero-order valence-electron chi connectivity index (χ0n) is 5.77. The van der Waals surface area contributed by atoms with Gasteiger partial charge in [-0.25, -0.2) is 0 Å². The minimum Gasteiger partial charge on any atom is -0.481 e. The van der Waals surface area contributed by atoms with Crippen molar-refractivity contribution in [1.82, 2.24) is 0 Å². The van der Waals surface area contributed by atoms with E-state index >= 15 is 0 Å². The van der Waals surface area contributed by atoms with Crippen LogP contribution in [-0.4, -0.2) is 19.0 Å². The molecular formula is C6H13NO. The maximum absolute atomic E-state index is 5.03. The Bertz CT molecular complexity index is 78.6. The third-order valence-corrected chi connectivity index (χ3v) is 0.734. The van der Waals surface area contributed by atoms with Crippen LogP contribution in [-0.2, 0) is 4.74 Å². The second-order valence-corrected chi connectivity index (χ2v) is 1.43. The summed E-state index contributed by atoms with van der Waals surface area (Å²) in [6.45, 7) is 7.34. The molecule has 8 heavy (non-hydrogen) atoms. The number of rotatable bonds is 2. The van der Waals surface area contributed by atoms with E-state index in [1.165, 1.54) is 0 Å². The van der Waals surface area contributed by atoms with E-state index < -0.39 is 0 Å². The van der Waals surface area contributed by atoms with E-state index in [0.717, 1.165) is 19.0 Å². The van der Waals surface area contributed by atoms with Crippen LogP contribution in [0.1, 0.15) is 20.8 Å². The van der Waals surface area contributed by atoms with E-state index in [4.69, 9.17) is 4.74 Å². The molecule has 0 bridgehead atoms. The average Bonchev–Trinajstić information content (AvgIpc) is 1.68. The van der Waals surface area contributed by atoms with E-state index in [9.17, 15) is 0 Å². The third kappa shape index (κ3) is 3.65. The van der Waals surface area contributed by atoms with Crippen LogP contribution in [0.2, 0.25) is 0 Å². The van der Waals surface area contributed by atoms with Crippen LogP contribution in [0.25, 0.3) is 0 Å². The van der Waals surface area contributed by atoms with Crippen molar-refractivity contribution in [2.75, 3.05) is 13.2 Å². The topological polar surface area (TPSA) is 21.6 Å². The minimum atomic E-state index is 0.718. The molecule has 0 rings (SSSR count). The van der Waals surface area contributed by atoms with Gasteiger partial charge in [0.25, 0.3) is 0 Å². The van der Waals surface area contributed by atoms with Gasteiger partial charge in [-0.05, 0) is 13.8 Å². The first kappa shape index (κ1) is 7.47. The molecule has 0 aliphatic carbocycles. The predicted octanol–water partition coefficient (Wildman–Crippen LogP) is 1.46.